The third-order valence-electron chi connectivity index (χ3n) is 4.47. The van der Waals surface area contributed by atoms with E-state index in [1.165, 1.54) is 24.0 Å². The van der Waals surface area contributed by atoms with Crippen LogP contribution in [0.25, 0.3) is 0 Å². The highest BCUT2D eigenvalue weighted by atomic mass is 16.3. The molecule has 17 heavy (non-hydrogen) atoms. The molecule has 2 aliphatic rings. The Morgan fingerprint density at radius 3 is 2.53 bits per heavy atom. The van der Waals surface area contributed by atoms with Gasteiger partial charge < -0.3 is 10.4 Å². The van der Waals surface area contributed by atoms with Crippen LogP contribution >= 0.6 is 0 Å². The summed E-state index contributed by atoms with van der Waals surface area (Å²) in [5.41, 5.74) is 3.04. The van der Waals surface area contributed by atoms with E-state index in [9.17, 15) is 5.11 Å². The van der Waals surface area contributed by atoms with Crippen molar-refractivity contribution in [3.05, 3.63) is 35.4 Å². The zero-order valence-corrected chi connectivity index (χ0v) is 10.3. The predicted octanol–water partition coefficient (Wildman–Crippen LogP) is 2.18. The van der Waals surface area contributed by atoms with Gasteiger partial charge in [0.1, 0.15) is 0 Å². The van der Waals surface area contributed by atoms with Crippen molar-refractivity contribution < 1.29 is 5.11 Å². The molecule has 1 heterocycles. The van der Waals surface area contributed by atoms with Crippen molar-refractivity contribution in [2.45, 2.75) is 37.0 Å². The van der Waals surface area contributed by atoms with E-state index in [1.807, 2.05) is 0 Å². The second-order valence-corrected chi connectivity index (χ2v) is 5.55. The summed E-state index contributed by atoms with van der Waals surface area (Å²) in [7, 11) is 0. The smallest absolute Gasteiger partial charge is 0.0528 e. The second kappa shape index (κ2) is 4.43. The summed E-state index contributed by atoms with van der Waals surface area (Å²) >= 11 is 0. The molecule has 0 aromatic heterocycles. The van der Waals surface area contributed by atoms with Crippen molar-refractivity contribution in [1.29, 1.82) is 0 Å². The van der Waals surface area contributed by atoms with E-state index in [2.05, 4.69) is 29.6 Å². The highest BCUT2D eigenvalue weighted by molar-refractivity contribution is 5.41. The first-order valence-electron chi connectivity index (χ1n) is 6.77. The quantitative estimate of drug-likeness (QED) is 0.835. The minimum atomic E-state index is 0.113. The van der Waals surface area contributed by atoms with E-state index in [0.717, 1.165) is 25.9 Å². The Labute approximate surface area is 103 Å². The topological polar surface area (TPSA) is 32.3 Å². The second-order valence-electron chi connectivity index (χ2n) is 5.55. The van der Waals surface area contributed by atoms with Crippen LogP contribution in [0.3, 0.4) is 0 Å². The highest BCUT2D eigenvalue weighted by Gasteiger charge is 2.45. The zero-order chi connectivity index (χ0) is 11.7. The summed E-state index contributed by atoms with van der Waals surface area (Å²) in [6, 6.07) is 8.78. The van der Waals surface area contributed by atoms with Gasteiger partial charge in [0.25, 0.3) is 0 Å². The molecular weight excluding hydrogens is 210 g/mol. The van der Waals surface area contributed by atoms with Crippen molar-refractivity contribution in [2.75, 3.05) is 19.7 Å². The molecule has 0 atom stereocenters. The maximum absolute atomic E-state index is 9.62. The van der Waals surface area contributed by atoms with Gasteiger partial charge in [0.05, 0.1) is 6.61 Å². The fourth-order valence-corrected chi connectivity index (χ4v) is 3.13. The highest BCUT2D eigenvalue weighted by Crippen LogP contribution is 2.50. The van der Waals surface area contributed by atoms with Gasteiger partial charge >= 0.3 is 0 Å². The molecule has 1 aliphatic carbocycles. The largest absolute Gasteiger partial charge is 0.395 e. The Kier molecular flexibility index (Phi) is 2.93. The van der Waals surface area contributed by atoms with Gasteiger partial charge in [-0.25, -0.2) is 0 Å². The van der Waals surface area contributed by atoms with E-state index in [1.54, 1.807) is 0 Å². The molecule has 3 rings (SSSR count). The van der Waals surface area contributed by atoms with Crippen LogP contribution in [0, 0.1) is 0 Å². The summed E-state index contributed by atoms with van der Waals surface area (Å²) in [5.74, 6) is 0.691. The maximum Gasteiger partial charge on any atom is 0.0528 e. The first-order valence-corrected chi connectivity index (χ1v) is 6.77. The molecule has 0 radical (unpaired) electrons. The van der Waals surface area contributed by atoms with Gasteiger partial charge in [-0.05, 0) is 55.8 Å². The molecule has 2 N–H and O–H groups in total. The van der Waals surface area contributed by atoms with Gasteiger partial charge in [0.2, 0.25) is 0 Å². The minimum absolute atomic E-state index is 0.113. The van der Waals surface area contributed by atoms with Crippen LogP contribution in [0.5, 0.6) is 0 Å². The van der Waals surface area contributed by atoms with Crippen molar-refractivity contribution in [3.63, 3.8) is 0 Å². The van der Waals surface area contributed by atoms with Gasteiger partial charge in [-0.2, -0.15) is 0 Å². The maximum atomic E-state index is 9.62. The van der Waals surface area contributed by atoms with Crippen molar-refractivity contribution in [3.8, 4) is 0 Å². The molecule has 2 heteroatoms. The fraction of sp³-hybridized carbons (Fsp3) is 0.600. The number of hydrogen-bond acceptors (Lipinski definition) is 2. The lowest BCUT2D eigenvalue weighted by Crippen LogP contribution is -2.28. The standard InChI is InChI=1S/C15H21NO/c17-11-15(7-8-15)14-4-2-1-3-13(14)12-5-9-16-10-6-12/h1-4,12,16-17H,5-11H2. The van der Waals surface area contributed by atoms with E-state index >= 15 is 0 Å². The molecule has 92 valence electrons. The number of hydrogen-bond donors (Lipinski definition) is 2. The van der Waals surface area contributed by atoms with Gasteiger partial charge in [0.15, 0.2) is 0 Å². The van der Waals surface area contributed by atoms with Crippen LogP contribution in [0.15, 0.2) is 24.3 Å². The van der Waals surface area contributed by atoms with Crippen LogP contribution in [0.4, 0.5) is 0 Å². The Bertz CT molecular complexity index is 392. The Balaban J connectivity index is 1.93. The van der Waals surface area contributed by atoms with Crippen molar-refractivity contribution >= 4 is 0 Å². The first kappa shape index (κ1) is 11.2. The summed E-state index contributed by atoms with van der Waals surface area (Å²) in [4.78, 5) is 0. The lowest BCUT2D eigenvalue weighted by atomic mass is 9.82. The Morgan fingerprint density at radius 2 is 1.88 bits per heavy atom. The molecule has 1 saturated heterocycles. The normalized spacial score (nSPS) is 23.6. The monoisotopic (exact) mass is 231 g/mol. The van der Waals surface area contributed by atoms with E-state index in [-0.39, 0.29) is 5.41 Å². The average Bonchev–Trinajstić information content (AvgIpc) is 3.21. The van der Waals surface area contributed by atoms with Crippen LogP contribution in [-0.4, -0.2) is 24.8 Å². The molecule has 2 nitrogen and oxygen atoms in total. The van der Waals surface area contributed by atoms with E-state index in [0.29, 0.717) is 12.5 Å². The lowest BCUT2D eigenvalue weighted by molar-refractivity contribution is 0.253. The molecule has 1 saturated carbocycles. The molecule has 2 fully saturated rings. The molecular formula is C15H21NO. The Hall–Kier alpha value is -0.860. The first-order chi connectivity index (χ1) is 8.36. The van der Waals surface area contributed by atoms with Gasteiger partial charge in [-0.1, -0.05) is 24.3 Å². The molecule has 1 aromatic carbocycles. The van der Waals surface area contributed by atoms with E-state index < -0.39 is 0 Å². The predicted molar refractivity (Wildman–Crippen MR) is 69.3 cm³/mol. The van der Waals surface area contributed by atoms with Crippen LogP contribution in [0.2, 0.25) is 0 Å². The lowest BCUT2D eigenvalue weighted by Gasteiger charge is -2.27. The zero-order valence-electron chi connectivity index (χ0n) is 10.3. The van der Waals surface area contributed by atoms with Gasteiger partial charge in [-0.3, -0.25) is 0 Å². The molecule has 0 spiro atoms. The average molecular weight is 231 g/mol. The number of benzene rings is 1. The number of aliphatic hydroxyl groups is 1. The Morgan fingerprint density at radius 1 is 1.18 bits per heavy atom. The van der Waals surface area contributed by atoms with Crippen LogP contribution in [0.1, 0.15) is 42.7 Å². The molecule has 1 aliphatic heterocycles. The van der Waals surface area contributed by atoms with Gasteiger partial charge in [-0.15, -0.1) is 0 Å². The number of rotatable bonds is 3. The van der Waals surface area contributed by atoms with Gasteiger partial charge in [0, 0.05) is 5.41 Å². The summed E-state index contributed by atoms with van der Waals surface area (Å²) in [6.07, 6.45) is 4.79. The number of piperidine rings is 1. The van der Waals surface area contributed by atoms with Crippen LogP contribution in [-0.2, 0) is 5.41 Å². The summed E-state index contributed by atoms with van der Waals surface area (Å²) in [6.45, 7) is 2.57. The SMILES string of the molecule is OCC1(c2ccccc2C2CCNCC2)CC1. The third kappa shape index (κ3) is 2.00. The number of nitrogens with one attached hydrogen (secondary N) is 1. The van der Waals surface area contributed by atoms with Crippen molar-refractivity contribution in [2.24, 2.45) is 0 Å². The molecule has 0 amide bonds. The van der Waals surface area contributed by atoms with Crippen molar-refractivity contribution in [1.82, 2.24) is 5.32 Å². The fourth-order valence-electron chi connectivity index (χ4n) is 3.13. The molecule has 1 aromatic rings. The molecule has 0 unspecified atom stereocenters. The minimum Gasteiger partial charge on any atom is -0.395 e. The third-order valence-corrected chi connectivity index (χ3v) is 4.47. The molecule has 0 bridgehead atoms. The number of aliphatic hydroxyl groups excluding tert-OH is 1. The van der Waals surface area contributed by atoms with E-state index in [4.69, 9.17) is 0 Å². The van der Waals surface area contributed by atoms with Crippen LogP contribution < -0.4 is 5.32 Å². The summed E-state index contributed by atoms with van der Waals surface area (Å²) in [5, 5.41) is 13.0. The summed E-state index contributed by atoms with van der Waals surface area (Å²) < 4.78 is 0.